The van der Waals surface area contributed by atoms with Crippen LogP contribution in [0.2, 0.25) is 0 Å². The predicted octanol–water partition coefficient (Wildman–Crippen LogP) is 2.10. The fraction of sp³-hybridized carbons (Fsp3) is 0.273. The maximum Gasteiger partial charge on any atom is 0.185 e. The number of aromatic nitrogens is 1. The summed E-state index contributed by atoms with van der Waals surface area (Å²) in [6.45, 7) is 0. The van der Waals surface area contributed by atoms with Crippen molar-refractivity contribution >= 4 is 33.0 Å². The van der Waals surface area contributed by atoms with Gasteiger partial charge in [0.25, 0.3) is 0 Å². The van der Waals surface area contributed by atoms with Crippen LogP contribution in [0.4, 0.5) is 5.13 Å². The second-order valence-corrected chi connectivity index (χ2v) is 4.57. The van der Waals surface area contributed by atoms with E-state index in [2.05, 4.69) is 4.98 Å². The number of aldehydes is 1. The molecular formula is C11H12N2OS. The summed E-state index contributed by atoms with van der Waals surface area (Å²) in [5, 5.41) is 0.994. The summed E-state index contributed by atoms with van der Waals surface area (Å²) < 4.78 is 1.14. The van der Waals surface area contributed by atoms with Crippen LogP contribution in [0.3, 0.4) is 0 Å². The molecule has 0 aliphatic heterocycles. The third-order valence-electron chi connectivity index (χ3n) is 2.14. The Kier molecular flexibility index (Phi) is 2.68. The average Bonchev–Trinajstić information content (AvgIpc) is 2.61. The van der Waals surface area contributed by atoms with Crippen LogP contribution in [0.1, 0.15) is 5.56 Å². The second-order valence-electron chi connectivity index (χ2n) is 3.56. The van der Waals surface area contributed by atoms with Crippen LogP contribution >= 0.6 is 11.3 Å². The molecule has 4 heteroatoms. The van der Waals surface area contributed by atoms with E-state index in [1.165, 1.54) is 0 Å². The van der Waals surface area contributed by atoms with Crippen molar-refractivity contribution in [3.63, 3.8) is 0 Å². The summed E-state index contributed by atoms with van der Waals surface area (Å²) in [5.41, 5.74) is 2.05. The Balaban J connectivity index is 2.47. The quantitative estimate of drug-likeness (QED) is 0.743. The molecule has 3 nitrogen and oxygen atoms in total. The topological polar surface area (TPSA) is 33.2 Å². The molecule has 0 spiro atoms. The van der Waals surface area contributed by atoms with Crippen LogP contribution in [-0.4, -0.2) is 25.4 Å². The van der Waals surface area contributed by atoms with E-state index in [-0.39, 0.29) is 0 Å². The number of fused-ring (bicyclic) bond motifs is 1. The molecule has 2 rings (SSSR count). The molecule has 2 aromatic rings. The Labute approximate surface area is 92.4 Å². The molecule has 0 unspecified atom stereocenters. The third-order valence-corrected chi connectivity index (χ3v) is 3.33. The van der Waals surface area contributed by atoms with Gasteiger partial charge in [0.05, 0.1) is 10.2 Å². The fourth-order valence-electron chi connectivity index (χ4n) is 1.37. The van der Waals surface area contributed by atoms with Crippen LogP contribution in [0.25, 0.3) is 10.2 Å². The van der Waals surface area contributed by atoms with Gasteiger partial charge in [-0.1, -0.05) is 17.4 Å². The van der Waals surface area contributed by atoms with Gasteiger partial charge in [-0.25, -0.2) is 4.98 Å². The van der Waals surface area contributed by atoms with Crippen molar-refractivity contribution in [1.29, 1.82) is 0 Å². The molecule has 0 saturated carbocycles. The number of thiazole rings is 1. The monoisotopic (exact) mass is 220 g/mol. The molecule has 0 radical (unpaired) electrons. The van der Waals surface area contributed by atoms with Gasteiger partial charge in [-0.3, -0.25) is 0 Å². The van der Waals surface area contributed by atoms with Gasteiger partial charge in [0.15, 0.2) is 5.13 Å². The maximum absolute atomic E-state index is 10.4. The number of carbonyl (C=O) groups is 1. The Morgan fingerprint density at radius 2 is 2.27 bits per heavy atom. The zero-order valence-corrected chi connectivity index (χ0v) is 9.54. The summed E-state index contributed by atoms with van der Waals surface area (Å²) in [5.74, 6) is 0. The molecule has 0 aliphatic carbocycles. The summed E-state index contributed by atoms with van der Waals surface area (Å²) in [6.07, 6.45) is 1.40. The number of nitrogens with zero attached hydrogens (tertiary/aromatic N) is 2. The van der Waals surface area contributed by atoms with E-state index >= 15 is 0 Å². The number of hydrogen-bond acceptors (Lipinski definition) is 4. The molecule has 1 heterocycles. The Bertz CT molecular complexity index is 490. The lowest BCUT2D eigenvalue weighted by atomic mass is 10.2. The number of benzene rings is 1. The Morgan fingerprint density at radius 1 is 1.47 bits per heavy atom. The highest BCUT2D eigenvalue weighted by molar-refractivity contribution is 7.22. The summed E-state index contributed by atoms with van der Waals surface area (Å²) in [7, 11) is 3.95. The van der Waals surface area contributed by atoms with Gasteiger partial charge in [0, 0.05) is 20.5 Å². The van der Waals surface area contributed by atoms with E-state index in [4.69, 9.17) is 0 Å². The minimum absolute atomic E-state index is 0.477. The molecule has 0 N–H and O–H groups in total. The molecule has 78 valence electrons. The van der Waals surface area contributed by atoms with Crippen molar-refractivity contribution in [1.82, 2.24) is 4.98 Å². The zero-order chi connectivity index (χ0) is 10.8. The first kappa shape index (κ1) is 10.1. The van der Waals surface area contributed by atoms with Gasteiger partial charge in [0.1, 0.15) is 6.29 Å². The van der Waals surface area contributed by atoms with Gasteiger partial charge in [0.2, 0.25) is 0 Å². The van der Waals surface area contributed by atoms with Gasteiger partial charge >= 0.3 is 0 Å². The van der Waals surface area contributed by atoms with Crippen molar-refractivity contribution in [2.75, 3.05) is 19.0 Å². The van der Waals surface area contributed by atoms with Crippen LogP contribution in [0, 0.1) is 0 Å². The van der Waals surface area contributed by atoms with Crippen molar-refractivity contribution in [3.8, 4) is 0 Å². The summed E-state index contributed by atoms with van der Waals surface area (Å²) >= 11 is 1.64. The van der Waals surface area contributed by atoms with E-state index in [9.17, 15) is 4.79 Å². The highest BCUT2D eigenvalue weighted by atomic mass is 32.1. The van der Waals surface area contributed by atoms with Gasteiger partial charge in [-0.15, -0.1) is 0 Å². The van der Waals surface area contributed by atoms with Gasteiger partial charge in [-0.05, 0) is 17.7 Å². The predicted molar refractivity (Wildman–Crippen MR) is 63.7 cm³/mol. The minimum Gasteiger partial charge on any atom is -0.354 e. The standard InChI is InChI=1S/C11H12N2OS/c1-13(2)11-12-9-4-3-8(5-6-14)7-10(9)15-11/h3-4,6-7H,5H2,1-2H3. The number of carbonyl (C=O) groups excluding carboxylic acids is 1. The molecular weight excluding hydrogens is 208 g/mol. The highest BCUT2D eigenvalue weighted by Gasteiger charge is 2.05. The van der Waals surface area contributed by atoms with E-state index in [1.807, 2.05) is 37.2 Å². The number of anilines is 1. The largest absolute Gasteiger partial charge is 0.354 e. The first-order chi connectivity index (χ1) is 7.20. The third kappa shape index (κ3) is 1.99. The van der Waals surface area contributed by atoms with Gasteiger partial charge in [-0.2, -0.15) is 0 Å². The van der Waals surface area contributed by atoms with E-state index in [0.717, 1.165) is 27.2 Å². The summed E-state index contributed by atoms with van der Waals surface area (Å²) in [4.78, 5) is 16.9. The Morgan fingerprint density at radius 3 is 2.93 bits per heavy atom. The fourth-order valence-corrected chi connectivity index (χ4v) is 2.32. The molecule has 0 bridgehead atoms. The Hall–Kier alpha value is -1.42. The van der Waals surface area contributed by atoms with E-state index < -0.39 is 0 Å². The lowest BCUT2D eigenvalue weighted by Gasteiger charge is -2.04. The van der Waals surface area contributed by atoms with Crippen molar-refractivity contribution < 1.29 is 4.79 Å². The highest BCUT2D eigenvalue weighted by Crippen LogP contribution is 2.28. The molecule has 0 fully saturated rings. The van der Waals surface area contributed by atoms with Crippen LogP contribution in [0.5, 0.6) is 0 Å². The first-order valence-corrected chi connectivity index (χ1v) is 5.53. The van der Waals surface area contributed by atoms with E-state index in [1.54, 1.807) is 11.3 Å². The lowest BCUT2D eigenvalue weighted by Crippen LogP contribution is -2.07. The van der Waals surface area contributed by atoms with E-state index in [0.29, 0.717) is 6.42 Å². The smallest absolute Gasteiger partial charge is 0.185 e. The first-order valence-electron chi connectivity index (χ1n) is 4.71. The molecule has 1 aromatic heterocycles. The number of hydrogen-bond donors (Lipinski definition) is 0. The molecule has 15 heavy (non-hydrogen) atoms. The summed E-state index contributed by atoms with van der Waals surface area (Å²) in [6, 6.07) is 5.96. The lowest BCUT2D eigenvalue weighted by molar-refractivity contribution is -0.107. The molecule has 0 aliphatic rings. The maximum atomic E-state index is 10.4. The van der Waals surface area contributed by atoms with Crippen molar-refractivity contribution in [2.24, 2.45) is 0 Å². The average molecular weight is 220 g/mol. The van der Waals surface area contributed by atoms with Crippen LogP contribution in [0.15, 0.2) is 18.2 Å². The SMILES string of the molecule is CN(C)c1nc2ccc(CC=O)cc2s1. The van der Waals surface area contributed by atoms with Crippen LogP contribution in [-0.2, 0) is 11.2 Å². The second kappa shape index (κ2) is 3.98. The zero-order valence-electron chi connectivity index (χ0n) is 8.73. The van der Waals surface area contributed by atoms with Crippen molar-refractivity contribution in [2.45, 2.75) is 6.42 Å². The molecule has 1 aromatic carbocycles. The van der Waals surface area contributed by atoms with Crippen molar-refractivity contribution in [3.05, 3.63) is 23.8 Å². The minimum atomic E-state index is 0.477. The normalized spacial score (nSPS) is 10.5. The van der Waals surface area contributed by atoms with Gasteiger partial charge < -0.3 is 9.69 Å². The number of rotatable bonds is 3. The molecule has 0 amide bonds. The molecule has 0 saturated heterocycles. The molecule has 0 atom stereocenters. The van der Waals surface area contributed by atoms with Crippen LogP contribution < -0.4 is 4.90 Å².